The Hall–Kier alpha value is -2.72. The lowest BCUT2D eigenvalue weighted by molar-refractivity contribution is -0.866. The maximum Gasteiger partial charge on any atom is 0.346 e. The van der Waals surface area contributed by atoms with Gasteiger partial charge in [0.15, 0.2) is 0 Å². The van der Waals surface area contributed by atoms with E-state index in [0.29, 0.717) is 18.5 Å². The van der Waals surface area contributed by atoms with Gasteiger partial charge in [-0.05, 0) is 19.1 Å². The maximum atomic E-state index is 13.3. The van der Waals surface area contributed by atoms with E-state index in [1.807, 2.05) is 74.6 Å². The van der Waals surface area contributed by atoms with Crippen molar-refractivity contribution in [2.75, 3.05) is 13.7 Å². The Morgan fingerprint density at radius 1 is 1.08 bits per heavy atom. The van der Waals surface area contributed by atoms with Gasteiger partial charge in [0.1, 0.15) is 6.54 Å². The molecule has 2 unspecified atom stereocenters. The van der Waals surface area contributed by atoms with Gasteiger partial charge >= 0.3 is 11.9 Å². The highest BCUT2D eigenvalue weighted by atomic mass is 16.5. The van der Waals surface area contributed by atoms with Crippen LogP contribution in [-0.4, -0.2) is 36.1 Å². The SMILES string of the molecule is C=CC(=O)OCCC(C)[N+](C)(Cc1ccccc1)C(=O)c1ccccc1. The molecule has 0 aliphatic carbocycles. The third-order valence-electron chi connectivity index (χ3n) is 4.76. The van der Waals surface area contributed by atoms with Gasteiger partial charge in [-0.25, -0.2) is 9.59 Å². The van der Waals surface area contributed by atoms with Crippen LogP contribution in [0, 0.1) is 0 Å². The van der Waals surface area contributed by atoms with Gasteiger partial charge < -0.3 is 4.74 Å². The first-order valence-electron chi connectivity index (χ1n) is 8.75. The molecule has 2 aromatic rings. The van der Waals surface area contributed by atoms with Crippen molar-refractivity contribution in [2.24, 2.45) is 0 Å². The second-order valence-corrected chi connectivity index (χ2v) is 6.59. The van der Waals surface area contributed by atoms with Crippen LogP contribution in [0.15, 0.2) is 73.3 Å². The zero-order valence-corrected chi connectivity index (χ0v) is 15.4. The molecule has 0 radical (unpaired) electrons. The van der Waals surface area contributed by atoms with Crippen LogP contribution >= 0.6 is 0 Å². The van der Waals surface area contributed by atoms with Crippen molar-refractivity contribution in [3.05, 3.63) is 84.4 Å². The Kier molecular flexibility index (Phi) is 6.87. The molecular weight excluding hydrogens is 326 g/mol. The number of rotatable bonds is 8. The Morgan fingerprint density at radius 3 is 2.23 bits per heavy atom. The molecule has 2 rings (SSSR count). The normalized spacial score (nSPS) is 14.1. The number of nitrogens with zero attached hydrogens (tertiary/aromatic N) is 1. The molecule has 2 atom stereocenters. The van der Waals surface area contributed by atoms with Crippen molar-refractivity contribution in [1.82, 2.24) is 0 Å². The standard InChI is InChI=1S/C22H26NO3/c1-4-21(24)26-16-15-18(2)23(3,17-19-11-7-5-8-12-19)22(25)20-13-9-6-10-14-20/h4-14,18H,1,15-17H2,2-3H3/q+1. The van der Waals surface area contributed by atoms with E-state index in [2.05, 4.69) is 6.58 Å². The number of carbonyl (C=O) groups excluding carboxylic acids is 2. The second kappa shape index (κ2) is 9.11. The van der Waals surface area contributed by atoms with Gasteiger partial charge in [0.2, 0.25) is 0 Å². The third-order valence-corrected chi connectivity index (χ3v) is 4.76. The fourth-order valence-corrected chi connectivity index (χ4v) is 2.94. The largest absolute Gasteiger partial charge is 0.462 e. The average molecular weight is 352 g/mol. The van der Waals surface area contributed by atoms with Crippen LogP contribution < -0.4 is 0 Å². The lowest BCUT2D eigenvalue weighted by atomic mass is 10.0. The summed E-state index contributed by atoms with van der Waals surface area (Å²) in [4.78, 5) is 24.6. The molecule has 2 aromatic carbocycles. The molecular formula is C22H26NO3+. The first-order chi connectivity index (χ1) is 12.5. The van der Waals surface area contributed by atoms with Gasteiger partial charge in [0.05, 0.1) is 25.3 Å². The first-order valence-corrected chi connectivity index (χ1v) is 8.75. The van der Waals surface area contributed by atoms with Gasteiger partial charge in [-0.3, -0.25) is 4.48 Å². The fourth-order valence-electron chi connectivity index (χ4n) is 2.94. The summed E-state index contributed by atoms with van der Waals surface area (Å²) in [6.45, 7) is 6.25. The summed E-state index contributed by atoms with van der Waals surface area (Å²) in [5.74, 6) is -0.388. The van der Waals surface area contributed by atoms with Crippen LogP contribution in [0.4, 0.5) is 0 Å². The molecule has 136 valence electrons. The van der Waals surface area contributed by atoms with Crippen molar-refractivity contribution >= 4 is 11.9 Å². The fraction of sp³-hybridized carbons (Fsp3) is 0.273. The Morgan fingerprint density at radius 2 is 1.65 bits per heavy atom. The third kappa shape index (κ3) is 4.90. The molecule has 0 spiro atoms. The number of esters is 1. The monoisotopic (exact) mass is 352 g/mol. The summed E-state index contributed by atoms with van der Waals surface area (Å²) in [6.07, 6.45) is 1.74. The van der Waals surface area contributed by atoms with E-state index in [0.717, 1.165) is 11.6 Å². The first kappa shape index (κ1) is 19.6. The smallest absolute Gasteiger partial charge is 0.346 e. The van der Waals surface area contributed by atoms with Crippen molar-refractivity contribution in [3.63, 3.8) is 0 Å². The molecule has 0 aliphatic heterocycles. The van der Waals surface area contributed by atoms with Crippen LogP contribution in [0.3, 0.4) is 0 Å². The summed E-state index contributed by atoms with van der Waals surface area (Å²) >= 11 is 0. The van der Waals surface area contributed by atoms with Gasteiger partial charge in [-0.2, -0.15) is 0 Å². The minimum absolute atomic E-state index is 0.0273. The minimum atomic E-state index is -0.441. The Bertz CT molecular complexity index is 742. The molecule has 0 heterocycles. The van der Waals surface area contributed by atoms with Crippen molar-refractivity contribution in [2.45, 2.75) is 25.9 Å². The van der Waals surface area contributed by atoms with Crippen molar-refractivity contribution in [1.29, 1.82) is 0 Å². The number of hydrogen-bond acceptors (Lipinski definition) is 3. The summed E-state index contributed by atoms with van der Waals surface area (Å²) in [5.41, 5.74) is 1.77. The molecule has 1 amide bonds. The van der Waals surface area contributed by atoms with Crippen LogP contribution in [0.2, 0.25) is 0 Å². The van der Waals surface area contributed by atoms with Crippen molar-refractivity contribution in [3.8, 4) is 0 Å². The van der Waals surface area contributed by atoms with Crippen LogP contribution in [0.5, 0.6) is 0 Å². The zero-order valence-electron chi connectivity index (χ0n) is 15.4. The summed E-state index contributed by atoms with van der Waals surface area (Å²) in [5, 5.41) is 0. The summed E-state index contributed by atoms with van der Waals surface area (Å²) in [6, 6.07) is 19.3. The summed E-state index contributed by atoms with van der Waals surface area (Å²) < 4.78 is 5.32. The minimum Gasteiger partial charge on any atom is -0.462 e. The molecule has 4 heteroatoms. The lowest BCUT2D eigenvalue weighted by Crippen LogP contribution is -2.55. The van der Waals surface area contributed by atoms with Crippen molar-refractivity contribution < 1.29 is 18.8 Å². The highest BCUT2D eigenvalue weighted by molar-refractivity contribution is 5.88. The second-order valence-electron chi connectivity index (χ2n) is 6.59. The molecule has 4 nitrogen and oxygen atoms in total. The molecule has 0 aliphatic rings. The van der Waals surface area contributed by atoms with Crippen LogP contribution in [-0.2, 0) is 16.1 Å². The molecule has 0 aromatic heterocycles. The number of carbonyl (C=O) groups is 2. The Labute approximate surface area is 155 Å². The highest BCUT2D eigenvalue weighted by Crippen LogP contribution is 2.23. The average Bonchev–Trinajstić information content (AvgIpc) is 2.68. The van der Waals surface area contributed by atoms with Gasteiger partial charge in [0, 0.05) is 18.1 Å². The van der Waals surface area contributed by atoms with E-state index < -0.39 is 5.97 Å². The molecule has 0 N–H and O–H groups in total. The molecule has 26 heavy (non-hydrogen) atoms. The van der Waals surface area contributed by atoms with Gasteiger partial charge in [-0.1, -0.05) is 55.1 Å². The van der Waals surface area contributed by atoms with E-state index in [-0.39, 0.29) is 23.0 Å². The number of hydrogen-bond donors (Lipinski definition) is 0. The number of amides is 1. The highest BCUT2D eigenvalue weighted by Gasteiger charge is 2.38. The number of ether oxygens (including phenoxy) is 1. The zero-order chi connectivity index (χ0) is 19.0. The van der Waals surface area contributed by atoms with Gasteiger partial charge in [0.25, 0.3) is 0 Å². The maximum absolute atomic E-state index is 13.3. The lowest BCUT2D eigenvalue weighted by Gasteiger charge is -2.37. The van der Waals surface area contributed by atoms with E-state index in [4.69, 9.17) is 4.74 Å². The molecule has 0 bridgehead atoms. The van der Waals surface area contributed by atoms with E-state index in [9.17, 15) is 9.59 Å². The van der Waals surface area contributed by atoms with Crippen LogP contribution in [0.1, 0.15) is 29.3 Å². The van der Waals surface area contributed by atoms with Gasteiger partial charge in [-0.15, -0.1) is 0 Å². The predicted molar refractivity (Wildman–Crippen MR) is 102 cm³/mol. The van der Waals surface area contributed by atoms with E-state index >= 15 is 0 Å². The topological polar surface area (TPSA) is 43.4 Å². The van der Waals surface area contributed by atoms with E-state index in [1.54, 1.807) is 0 Å². The van der Waals surface area contributed by atoms with E-state index in [1.165, 1.54) is 0 Å². The van der Waals surface area contributed by atoms with Crippen LogP contribution in [0.25, 0.3) is 0 Å². The molecule has 0 saturated heterocycles. The quantitative estimate of drug-likeness (QED) is 0.410. The predicted octanol–water partition coefficient (Wildman–Crippen LogP) is 3.98. The number of benzene rings is 2. The molecule has 0 fully saturated rings. The summed E-state index contributed by atoms with van der Waals surface area (Å²) in [7, 11) is 1.95. The number of quaternary nitrogens is 1. The Balaban J connectivity index is 2.24. The molecule has 0 saturated carbocycles.